The highest BCUT2D eigenvalue weighted by atomic mass is 32.2. The number of rotatable bonds is 22. The van der Waals surface area contributed by atoms with Crippen molar-refractivity contribution in [2.75, 3.05) is 26.0 Å². The lowest BCUT2D eigenvalue weighted by Crippen LogP contribution is -2.63. The fourth-order valence-electron chi connectivity index (χ4n) is 7.75. The maximum Gasteiger partial charge on any atom is 0.410 e. The van der Waals surface area contributed by atoms with E-state index in [2.05, 4.69) is 26.6 Å². The zero-order chi connectivity index (χ0) is 55.3. The molecule has 0 saturated carbocycles. The first-order chi connectivity index (χ1) is 33.0. The van der Waals surface area contributed by atoms with Crippen LogP contribution < -0.4 is 37.0 Å². The quantitative estimate of drug-likeness (QED) is 0.0581. The number of hydrogen-bond donors (Lipinski definition) is 8. The van der Waals surface area contributed by atoms with Gasteiger partial charge in [-0.2, -0.15) is 0 Å². The summed E-state index contributed by atoms with van der Waals surface area (Å²) < 4.78 is 35.6. The number of sulfonamides is 1. The largest absolute Gasteiger partial charge is 0.465 e. The second kappa shape index (κ2) is 25.6. The lowest BCUT2D eigenvalue weighted by Gasteiger charge is -2.42. The highest BCUT2D eigenvalue weighted by molar-refractivity contribution is 7.90. The van der Waals surface area contributed by atoms with Crippen molar-refractivity contribution in [2.24, 2.45) is 23.0 Å². The van der Waals surface area contributed by atoms with Crippen molar-refractivity contribution in [3.8, 4) is 0 Å². The van der Waals surface area contributed by atoms with Crippen LogP contribution in [0.25, 0.3) is 0 Å². The van der Waals surface area contributed by atoms with E-state index < -0.39 is 115 Å². The van der Waals surface area contributed by atoms with Crippen LogP contribution in [0.2, 0.25) is 0 Å². The number of urea groups is 1. The summed E-state index contributed by atoms with van der Waals surface area (Å²) >= 11 is 0. The van der Waals surface area contributed by atoms with E-state index in [9.17, 15) is 51.9 Å². The zero-order valence-electron chi connectivity index (χ0n) is 44.3. The SMILES string of the molecule is C/C(=C\[C@H](C(C)C)N(C)C(=O)[C@@H](NC(=O)[C@@H](N(C)C(=O)OC(C)(C)C)C(C)(C)c1ccccc1)C(C)(C)C)C(=O)NS(=O)(=O)c1ccccc1NC(=O)[C@H](CCCNC(N)=O)NC(=O)[C@@H](NC(=O)O)C(C)C. The maximum atomic E-state index is 14.7. The molecule has 2 aromatic carbocycles. The number of amides is 9. The summed E-state index contributed by atoms with van der Waals surface area (Å²) in [5, 5.41) is 21.7. The topological polar surface area (TPSA) is 305 Å². The van der Waals surface area contributed by atoms with Crippen LogP contribution in [-0.2, 0) is 44.1 Å². The van der Waals surface area contributed by atoms with E-state index in [4.69, 9.17) is 10.5 Å². The van der Waals surface area contributed by atoms with Gasteiger partial charge in [-0.05, 0) is 75.5 Å². The number of hydrogen-bond acceptors (Lipinski definition) is 11. The molecular formula is C50H77N9O12S. The molecule has 5 atom stereocenters. The van der Waals surface area contributed by atoms with Crippen LogP contribution in [0.5, 0.6) is 0 Å². The second-order valence-electron chi connectivity index (χ2n) is 21.0. The van der Waals surface area contributed by atoms with E-state index in [-0.39, 0.29) is 36.6 Å². The first-order valence-corrected chi connectivity index (χ1v) is 25.1. The third-order valence-corrected chi connectivity index (χ3v) is 13.1. The van der Waals surface area contributed by atoms with Gasteiger partial charge in [0.05, 0.1) is 11.7 Å². The number of carbonyl (C=O) groups is 8. The molecule has 400 valence electrons. The van der Waals surface area contributed by atoms with Crippen LogP contribution in [0.15, 0.2) is 71.1 Å². The van der Waals surface area contributed by atoms with E-state index in [1.54, 1.807) is 69.2 Å². The molecule has 9 amide bonds. The molecule has 0 radical (unpaired) electrons. The van der Waals surface area contributed by atoms with Gasteiger partial charge in [-0.1, -0.05) is 111 Å². The van der Waals surface area contributed by atoms with Crippen molar-refractivity contribution in [1.29, 1.82) is 0 Å². The number of primary amides is 1. The molecule has 0 unspecified atom stereocenters. The molecule has 0 heterocycles. The number of carboxylic acid groups (broad SMARTS) is 1. The Hall–Kier alpha value is -6.71. The smallest absolute Gasteiger partial charge is 0.410 e. The predicted octanol–water partition coefficient (Wildman–Crippen LogP) is 4.83. The number of nitrogens with one attached hydrogen (secondary N) is 6. The number of benzene rings is 2. The number of ether oxygens (including phenoxy) is 1. The Morgan fingerprint density at radius 2 is 1.33 bits per heavy atom. The van der Waals surface area contributed by atoms with Gasteiger partial charge in [0.25, 0.3) is 15.9 Å². The molecule has 9 N–H and O–H groups in total. The van der Waals surface area contributed by atoms with Gasteiger partial charge in [0.2, 0.25) is 23.6 Å². The van der Waals surface area contributed by atoms with Gasteiger partial charge in [-0.25, -0.2) is 27.5 Å². The fraction of sp³-hybridized carbons (Fsp3) is 0.560. The minimum atomic E-state index is -4.75. The molecule has 0 aliphatic heterocycles. The van der Waals surface area contributed by atoms with E-state index >= 15 is 0 Å². The van der Waals surface area contributed by atoms with Crippen LogP contribution in [0.4, 0.5) is 20.1 Å². The minimum absolute atomic E-state index is 0.0124. The molecule has 0 spiro atoms. The summed E-state index contributed by atoms with van der Waals surface area (Å²) in [6.07, 6.45) is -0.767. The van der Waals surface area contributed by atoms with Crippen molar-refractivity contribution in [3.05, 3.63) is 71.8 Å². The number of nitrogens with zero attached hydrogens (tertiary/aromatic N) is 2. The lowest BCUT2D eigenvalue weighted by molar-refractivity contribution is -0.141. The highest BCUT2D eigenvalue weighted by Crippen LogP contribution is 2.33. The Morgan fingerprint density at radius 3 is 1.85 bits per heavy atom. The molecule has 2 rings (SSSR count). The Kier molecular flexibility index (Phi) is 21.8. The highest BCUT2D eigenvalue weighted by Gasteiger charge is 2.46. The molecule has 2 aromatic rings. The van der Waals surface area contributed by atoms with Gasteiger partial charge >= 0.3 is 18.2 Å². The van der Waals surface area contributed by atoms with Crippen molar-refractivity contribution in [1.82, 2.24) is 35.8 Å². The van der Waals surface area contributed by atoms with Gasteiger partial charge in [-0.15, -0.1) is 0 Å². The summed E-state index contributed by atoms with van der Waals surface area (Å²) in [6.45, 7) is 22.2. The Balaban J connectivity index is 2.49. The molecule has 22 heteroatoms. The van der Waals surface area contributed by atoms with E-state index in [0.717, 1.165) is 11.6 Å². The van der Waals surface area contributed by atoms with Crippen molar-refractivity contribution in [2.45, 2.75) is 149 Å². The molecule has 0 saturated heterocycles. The minimum Gasteiger partial charge on any atom is -0.465 e. The third kappa shape index (κ3) is 17.9. The number of nitrogens with two attached hydrogens (primary N) is 1. The molecule has 21 nitrogen and oxygen atoms in total. The van der Waals surface area contributed by atoms with Gasteiger partial charge in [0, 0.05) is 31.6 Å². The van der Waals surface area contributed by atoms with Crippen LogP contribution in [0, 0.1) is 17.3 Å². The monoisotopic (exact) mass is 1030 g/mol. The van der Waals surface area contributed by atoms with Crippen molar-refractivity contribution < 1.29 is 56.6 Å². The molecule has 0 aliphatic carbocycles. The van der Waals surface area contributed by atoms with Crippen molar-refractivity contribution in [3.63, 3.8) is 0 Å². The standard InChI is InChI=1S/C50H77N9O12S/c1-29(2)35(58(14)44(64)38(48(6,7)8)56-43(63)39(59(15)47(68)71-49(9,10)11)50(12,13)32-22-17-16-18-23-32)28-31(5)40(60)57-72(69,70)36-26-20-19-24-33(36)53-41(61)34(25-21-27-52-45(51)65)54-42(62)37(30(3)4)55-46(66)67/h16-20,22-24,26,28-30,34-35,37-39,55H,21,25,27H2,1-15H3,(H,53,61)(H,54,62)(H,56,63)(H,57,60)(H,66,67)(H3,51,52,65)/b31-28+/t34-,35+,37-,38+,39+/m0/s1. The molecule has 0 aliphatic rings. The fourth-order valence-corrected chi connectivity index (χ4v) is 8.94. The first kappa shape index (κ1) is 61.4. The summed E-state index contributed by atoms with van der Waals surface area (Å²) in [4.78, 5) is 108. The normalized spacial score (nSPS) is 14.4. The van der Waals surface area contributed by atoms with Crippen LogP contribution in [-0.4, -0.2) is 128 Å². The summed E-state index contributed by atoms with van der Waals surface area (Å²) in [7, 11) is -1.78. The molecule has 0 aromatic heterocycles. The van der Waals surface area contributed by atoms with E-state index in [1.807, 2.05) is 48.9 Å². The third-order valence-electron chi connectivity index (χ3n) is 11.7. The molecular weight excluding hydrogens is 951 g/mol. The lowest BCUT2D eigenvalue weighted by atomic mass is 9.76. The van der Waals surface area contributed by atoms with Gasteiger partial charge in [-0.3, -0.25) is 28.9 Å². The number of likely N-dealkylation sites (N-methyl/N-ethyl adjacent to an activating group) is 2. The Bertz CT molecular complexity index is 2410. The molecule has 0 bridgehead atoms. The van der Waals surface area contributed by atoms with Crippen LogP contribution >= 0.6 is 0 Å². The Labute approximate surface area is 424 Å². The van der Waals surface area contributed by atoms with E-state index in [1.165, 1.54) is 55.1 Å². The Morgan fingerprint density at radius 1 is 0.764 bits per heavy atom. The van der Waals surface area contributed by atoms with Gasteiger partial charge in [0.1, 0.15) is 34.7 Å². The number of carbonyl (C=O) groups excluding carboxylic acids is 7. The summed E-state index contributed by atoms with van der Waals surface area (Å²) in [5.74, 6) is -4.84. The number of anilines is 1. The second-order valence-corrected chi connectivity index (χ2v) is 22.7. The van der Waals surface area contributed by atoms with Gasteiger partial charge in [0.15, 0.2) is 0 Å². The summed E-state index contributed by atoms with van der Waals surface area (Å²) in [6, 6.07) is 7.72. The first-order valence-electron chi connectivity index (χ1n) is 23.6. The maximum absolute atomic E-state index is 14.7. The molecule has 0 fully saturated rings. The molecule has 72 heavy (non-hydrogen) atoms. The average Bonchev–Trinajstić information content (AvgIpc) is 3.25. The van der Waals surface area contributed by atoms with Crippen molar-refractivity contribution >= 4 is 63.5 Å². The zero-order valence-corrected chi connectivity index (χ0v) is 45.1. The van der Waals surface area contributed by atoms with Gasteiger partial charge < -0.3 is 47.1 Å². The van der Waals surface area contributed by atoms with Crippen LogP contribution in [0.3, 0.4) is 0 Å². The predicted molar refractivity (Wildman–Crippen MR) is 273 cm³/mol. The van der Waals surface area contributed by atoms with Crippen LogP contribution in [0.1, 0.15) is 108 Å². The average molecular weight is 1030 g/mol. The summed E-state index contributed by atoms with van der Waals surface area (Å²) in [5.41, 5.74) is 2.76. The number of para-hydroxylation sites is 1. The van der Waals surface area contributed by atoms with E-state index in [0.29, 0.717) is 0 Å².